The summed E-state index contributed by atoms with van der Waals surface area (Å²) in [6.45, 7) is 0. The van der Waals surface area contributed by atoms with Crippen molar-refractivity contribution in [3.8, 4) is 0 Å². The number of carbonyl (C=O) groups is 1. The van der Waals surface area contributed by atoms with Gasteiger partial charge < -0.3 is 5.11 Å². The fourth-order valence-electron chi connectivity index (χ4n) is 1.09. The summed E-state index contributed by atoms with van der Waals surface area (Å²) in [6.07, 6.45) is 4.76. The van der Waals surface area contributed by atoms with Crippen LogP contribution in [0.15, 0.2) is 24.3 Å². The SMILES string of the molecule is O=C(O)c1cc(C=CCCBr)ccc1Cl. The van der Waals surface area contributed by atoms with Gasteiger partial charge in [-0.3, -0.25) is 0 Å². The molecule has 15 heavy (non-hydrogen) atoms. The van der Waals surface area contributed by atoms with Gasteiger partial charge in [0.25, 0.3) is 0 Å². The number of benzene rings is 1. The zero-order valence-electron chi connectivity index (χ0n) is 7.91. The predicted octanol–water partition coefficient (Wildman–Crippen LogP) is 3.84. The van der Waals surface area contributed by atoms with Gasteiger partial charge in [-0.2, -0.15) is 0 Å². The summed E-state index contributed by atoms with van der Waals surface area (Å²) in [5, 5.41) is 10.0. The van der Waals surface area contributed by atoms with Gasteiger partial charge in [0.15, 0.2) is 0 Å². The first-order chi connectivity index (χ1) is 7.15. The summed E-state index contributed by atoms with van der Waals surface area (Å²) in [7, 11) is 0. The van der Waals surface area contributed by atoms with Crippen LogP contribution >= 0.6 is 27.5 Å². The maximum Gasteiger partial charge on any atom is 0.337 e. The lowest BCUT2D eigenvalue weighted by Gasteiger charge is -2.00. The van der Waals surface area contributed by atoms with E-state index in [4.69, 9.17) is 16.7 Å². The van der Waals surface area contributed by atoms with Gasteiger partial charge in [0.05, 0.1) is 10.6 Å². The Morgan fingerprint density at radius 1 is 1.53 bits per heavy atom. The largest absolute Gasteiger partial charge is 0.478 e. The third-order valence-electron chi connectivity index (χ3n) is 1.81. The molecule has 0 bridgehead atoms. The number of halogens is 2. The van der Waals surface area contributed by atoms with Crippen LogP contribution in [0.3, 0.4) is 0 Å². The standard InChI is InChI=1S/C11H10BrClO2/c12-6-2-1-3-8-4-5-10(13)9(7-8)11(14)15/h1,3-5,7H,2,6H2,(H,14,15). The van der Waals surface area contributed by atoms with E-state index in [2.05, 4.69) is 15.9 Å². The van der Waals surface area contributed by atoms with E-state index < -0.39 is 5.97 Å². The molecule has 0 saturated carbocycles. The highest BCUT2D eigenvalue weighted by atomic mass is 79.9. The fraction of sp³-hybridized carbons (Fsp3) is 0.182. The molecule has 0 aliphatic heterocycles. The van der Waals surface area contributed by atoms with E-state index >= 15 is 0 Å². The molecule has 1 aromatic rings. The van der Waals surface area contributed by atoms with Gasteiger partial charge in [0.2, 0.25) is 0 Å². The van der Waals surface area contributed by atoms with Crippen molar-refractivity contribution in [1.82, 2.24) is 0 Å². The first kappa shape index (κ1) is 12.3. The van der Waals surface area contributed by atoms with Crippen LogP contribution in [-0.4, -0.2) is 16.4 Å². The number of carboxylic acid groups (broad SMARTS) is 1. The quantitative estimate of drug-likeness (QED) is 0.855. The van der Waals surface area contributed by atoms with E-state index in [9.17, 15) is 4.79 Å². The van der Waals surface area contributed by atoms with Crippen molar-refractivity contribution >= 4 is 39.6 Å². The summed E-state index contributed by atoms with van der Waals surface area (Å²) in [4.78, 5) is 10.8. The monoisotopic (exact) mass is 288 g/mol. The highest BCUT2D eigenvalue weighted by molar-refractivity contribution is 9.09. The number of rotatable bonds is 4. The van der Waals surface area contributed by atoms with E-state index in [-0.39, 0.29) is 10.6 Å². The Hall–Kier alpha value is -0.800. The molecule has 0 amide bonds. The molecule has 0 saturated heterocycles. The normalized spacial score (nSPS) is 10.8. The van der Waals surface area contributed by atoms with Crippen molar-refractivity contribution < 1.29 is 9.90 Å². The van der Waals surface area contributed by atoms with Gasteiger partial charge in [-0.05, 0) is 24.1 Å². The zero-order valence-corrected chi connectivity index (χ0v) is 10.3. The Balaban J connectivity index is 2.92. The minimum Gasteiger partial charge on any atom is -0.478 e. The summed E-state index contributed by atoms with van der Waals surface area (Å²) in [5.41, 5.74) is 0.982. The van der Waals surface area contributed by atoms with Gasteiger partial charge in [-0.25, -0.2) is 4.79 Å². The minimum absolute atomic E-state index is 0.137. The van der Waals surface area contributed by atoms with Crippen molar-refractivity contribution in [3.05, 3.63) is 40.4 Å². The van der Waals surface area contributed by atoms with Gasteiger partial charge in [-0.1, -0.05) is 45.7 Å². The van der Waals surface area contributed by atoms with E-state index in [0.717, 1.165) is 17.3 Å². The summed E-state index contributed by atoms with van der Waals surface area (Å²) in [5.74, 6) is -1.00. The molecule has 0 atom stereocenters. The second-order valence-electron chi connectivity index (χ2n) is 2.92. The van der Waals surface area contributed by atoms with E-state index in [1.165, 1.54) is 0 Å². The van der Waals surface area contributed by atoms with Crippen molar-refractivity contribution in [3.63, 3.8) is 0 Å². The topological polar surface area (TPSA) is 37.3 Å². The lowest BCUT2D eigenvalue weighted by atomic mass is 10.1. The summed E-state index contributed by atoms with van der Waals surface area (Å²) >= 11 is 9.05. The van der Waals surface area contributed by atoms with Gasteiger partial charge in [-0.15, -0.1) is 0 Å². The number of aromatic carboxylic acids is 1. The third-order valence-corrected chi connectivity index (χ3v) is 2.59. The molecule has 1 rings (SSSR count). The van der Waals surface area contributed by atoms with Gasteiger partial charge >= 0.3 is 5.97 Å². The summed E-state index contributed by atoms with van der Waals surface area (Å²) in [6, 6.07) is 4.95. The van der Waals surface area contributed by atoms with Gasteiger partial charge in [0.1, 0.15) is 0 Å². The molecular weight excluding hydrogens is 279 g/mol. The Labute approximate surface area is 102 Å². The molecule has 4 heteroatoms. The van der Waals surface area contributed by atoms with Crippen LogP contribution in [0.2, 0.25) is 5.02 Å². The minimum atomic E-state index is -1.00. The van der Waals surface area contributed by atoms with Crippen LogP contribution in [0.4, 0.5) is 0 Å². The molecule has 0 aliphatic carbocycles. The van der Waals surface area contributed by atoms with Crippen LogP contribution in [0, 0.1) is 0 Å². The Morgan fingerprint density at radius 2 is 2.27 bits per heavy atom. The maximum atomic E-state index is 10.8. The number of hydrogen-bond acceptors (Lipinski definition) is 1. The first-order valence-corrected chi connectivity index (χ1v) is 5.90. The van der Waals surface area contributed by atoms with Crippen molar-refractivity contribution in [1.29, 1.82) is 0 Å². The maximum absolute atomic E-state index is 10.8. The zero-order chi connectivity index (χ0) is 11.3. The predicted molar refractivity (Wildman–Crippen MR) is 65.9 cm³/mol. The average Bonchev–Trinajstić information content (AvgIpc) is 2.20. The number of allylic oxidation sites excluding steroid dienone is 1. The van der Waals surface area contributed by atoms with Crippen LogP contribution < -0.4 is 0 Å². The van der Waals surface area contributed by atoms with Gasteiger partial charge in [0, 0.05) is 5.33 Å². The van der Waals surface area contributed by atoms with E-state index in [1.54, 1.807) is 18.2 Å². The molecule has 0 aliphatic rings. The molecule has 0 unspecified atom stereocenters. The number of alkyl halides is 1. The molecule has 0 fully saturated rings. The van der Waals surface area contributed by atoms with E-state index in [1.807, 2.05) is 12.2 Å². The highest BCUT2D eigenvalue weighted by Gasteiger charge is 2.07. The molecule has 0 heterocycles. The molecule has 0 aromatic heterocycles. The first-order valence-electron chi connectivity index (χ1n) is 4.40. The molecule has 0 spiro atoms. The lowest BCUT2D eigenvalue weighted by molar-refractivity contribution is 0.0697. The Bertz CT molecular complexity index is 388. The molecular formula is C11H10BrClO2. The number of carboxylic acids is 1. The Kier molecular flexibility index (Phi) is 4.85. The molecule has 2 nitrogen and oxygen atoms in total. The fourth-order valence-corrected chi connectivity index (χ4v) is 1.56. The van der Waals surface area contributed by atoms with Crippen molar-refractivity contribution in [2.24, 2.45) is 0 Å². The van der Waals surface area contributed by atoms with Crippen LogP contribution in [0.1, 0.15) is 22.3 Å². The van der Waals surface area contributed by atoms with Crippen LogP contribution in [0.25, 0.3) is 6.08 Å². The smallest absolute Gasteiger partial charge is 0.337 e. The average molecular weight is 290 g/mol. The van der Waals surface area contributed by atoms with Crippen molar-refractivity contribution in [2.75, 3.05) is 5.33 Å². The van der Waals surface area contributed by atoms with E-state index in [0.29, 0.717) is 0 Å². The van der Waals surface area contributed by atoms with Crippen LogP contribution in [0.5, 0.6) is 0 Å². The molecule has 1 N–H and O–H groups in total. The third kappa shape index (κ3) is 3.68. The molecule has 1 aromatic carbocycles. The second-order valence-corrected chi connectivity index (χ2v) is 4.12. The molecule has 0 radical (unpaired) electrons. The highest BCUT2D eigenvalue weighted by Crippen LogP contribution is 2.18. The molecule has 80 valence electrons. The lowest BCUT2D eigenvalue weighted by Crippen LogP contribution is -1.97. The van der Waals surface area contributed by atoms with Crippen molar-refractivity contribution in [2.45, 2.75) is 6.42 Å². The number of hydrogen-bond donors (Lipinski definition) is 1. The second kappa shape index (κ2) is 5.93. The van der Waals surface area contributed by atoms with Crippen LogP contribution in [-0.2, 0) is 0 Å². The summed E-state index contributed by atoms with van der Waals surface area (Å²) < 4.78 is 0. The Morgan fingerprint density at radius 3 is 2.87 bits per heavy atom.